The van der Waals surface area contributed by atoms with Gasteiger partial charge in [0.2, 0.25) is 10.0 Å². The van der Waals surface area contributed by atoms with E-state index in [0.717, 1.165) is 108 Å². The first-order valence-electron chi connectivity index (χ1n) is 20.3. The van der Waals surface area contributed by atoms with Crippen molar-refractivity contribution >= 4 is 44.4 Å². The molecule has 2 aliphatic carbocycles. The maximum Gasteiger partial charge on any atom is 0.264 e. The number of hydrogen-bond donors (Lipinski definition) is 2. The van der Waals surface area contributed by atoms with Gasteiger partial charge in [0.05, 0.1) is 47.6 Å². The molecule has 2 amide bonds. The molecule has 2 atom stereocenters. The molecular weight excluding hydrogens is 713 g/mol. The Labute approximate surface area is 323 Å². The Morgan fingerprint density at radius 2 is 1.67 bits per heavy atom. The van der Waals surface area contributed by atoms with E-state index in [-0.39, 0.29) is 17.5 Å². The number of carbonyl (C=O) groups excluding carboxylic acids is 2. The SMILES string of the molecule is COc1ccc2c(c1)C=C(c1c(C(=O)N3CC4CCC(C3)N4)c(C)nn1C1CCC1)Cn1c-2c(C2CCCCC2)c2ccc(C(=O)NS(=O)(=O)C(C)C)cc21. The number of piperazine rings is 1. The summed E-state index contributed by atoms with van der Waals surface area (Å²) in [5.41, 5.74) is 8.89. The number of aryl methyl sites for hydroxylation is 1. The maximum absolute atomic E-state index is 14.8. The molecule has 4 aromatic rings. The molecule has 12 heteroatoms. The van der Waals surface area contributed by atoms with E-state index in [1.54, 1.807) is 27.0 Å². The van der Waals surface area contributed by atoms with Gasteiger partial charge in [0, 0.05) is 47.2 Å². The smallest absolute Gasteiger partial charge is 0.264 e. The first-order valence-corrected chi connectivity index (χ1v) is 21.8. The standard InChI is InChI=1S/C43H52N6O5S/c1-25(2)55(52,53)46-42(50)28-13-17-36-37(21-28)48-22-30(19-29-20-34(54-4)16-18-35(29)41(48)39(36)27-9-6-5-7-10-27)40-38(26(3)45-49(40)33-11-8-12-33)43(51)47-23-31-14-15-32(24-47)44-31/h13,16-21,25,27,31-33,44H,5-12,14-15,22-24H2,1-4H3,(H,46,50). The van der Waals surface area contributed by atoms with E-state index in [2.05, 4.69) is 37.5 Å². The number of fused-ring (bicyclic) bond motifs is 7. The molecule has 5 aliphatic rings. The summed E-state index contributed by atoms with van der Waals surface area (Å²) in [6.07, 6.45) is 13.2. The van der Waals surface area contributed by atoms with Crippen molar-refractivity contribution in [3.05, 3.63) is 70.0 Å². The number of sulfonamides is 1. The number of nitrogens with one attached hydrogen (secondary N) is 2. The van der Waals surface area contributed by atoms with Gasteiger partial charge in [0.1, 0.15) is 5.75 Å². The number of nitrogens with zero attached hydrogens (tertiary/aromatic N) is 4. The van der Waals surface area contributed by atoms with Gasteiger partial charge in [-0.3, -0.25) is 14.3 Å². The monoisotopic (exact) mass is 764 g/mol. The molecule has 5 heterocycles. The maximum atomic E-state index is 14.8. The largest absolute Gasteiger partial charge is 0.497 e. The van der Waals surface area contributed by atoms with Crippen LogP contribution in [-0.4, -0.2) is 77.0 Å². The highest BCUT2D eigenvalue weighted by molar-refractivity contribution is 7.90. The first-order chi connectivity index (χ1) is 26.5. The van der Waals surface area contributed by atoms with Crippen LogP contribution in [0.25, 0.3) is 33.8 Å². The third kappa shape index (κ3) is 6.29. The van der Waals surface area contributed by atoms with E-state index in [9.17, 15) is 18.0 Å². The van der Waals surface area contributed by atoms with Crippen molar-refractivity contribution in [1.29, 1.82) is 0 Å². The fraction of sp³-hybridized carbons (Fsp3) is 0.512. The van der Waals surface area contributed by atoms with Crippen LogP contribution in [0.3, 0.4) is 0 Å². The molecule has 11 nitrogen and oxygen atoms in total. The van der Waals surface area contributed by atoms with Gasteiger partial charge in [-0.1, -0.05) is 25.3 Å². The highest BCUT2D eigenvalue weighted by Crippen LogP contribution is 2.49. The van der Waals surface area contributed by atoms with Crippen molar-refractivity contribution in [3.8, 4) is 17.0 Å². The second-order valence-corrected chi connectivity index (χ2v) is 19.0. The van der Waals surface area contributed by atoms with Crippen LogP contribution in [0.15, 0.2) is 36.4 Å². The molecular formula is C43H52N6O5S. The lowest BCUT2D eigenvalue weighted by molar-refractivity contribution is 0.0696. The van der Waals surface area contributed by atoms with Gasteiger partial charge in [-0.05, 0) is 125 Å². The van der Waals surface area contributed by atoms with Crippen LogP contribution in [0.2, 0.25) is 0 Å². The molecule has 3 aliphatic heterocycles. The molecule has 290 valence electrons. The van der Waals surface area contributed by atoms with Crippen LogP contribution < -0.4 is 14.8 Å². The Morgan fingerprint density at radius 3 is 2.35 bits per heavy atom. The summed E-state index contributed by atoms with van der Waals surface area (Å²) in [5.74, 6) is 0.474. The number of aromatic nitrogens is 3. The third-order valence-corrected chi connectivity index (χ3v) is 14.6. The third-order valence-electron chi connectivity index (χ3n) is 12.9. The van der Waals surface area contributed by atoms with E-state index in [4.69, 9.17) is 9.84 Å². The molecule has 0 spiro atoms. The molecule has 2 aromatic carbocycles. The average molecular weight is 765 g/mol. The molecule has 2 N–H and O–H groups in total. The van der Waals surface area contributed by atoms with Crippen molar-refractivity contribution in [2.24, 2.45) is 0 Å². The summed E-state index contributed by atoms with van der Waals surface area (Å²) >= 11 is 0. The van der Waals surface area contributed by atoms with Gasteiger partial charge in [0.25, 0.3) is 11.8 Å². The second kappa shape index (κ2) is 14.0. The van der Waals surface area contributed by atoms with Crippen LogP contribution in [-0.2, 0) is 16.6 Å². The normalized spacial score (nSPS) is 21.5. The van der Waals surface area contributed by atoms with Gasteiger partial charge in [-0.25, -0.2) is 13.1 Å². The average Bonchev–Trinajstić information content (AvgIpc) is 3.74. The molecule has 2 saturated heterocycles. The lowest BCUT2D eigenvalue weighted by atomic mass is 9.81. The van der Waals surface area contributed by atoms with Crippen molar-refractivity contribution in [3.63, 3.8) is 0 Å². The predicted molar refractivity (Wildman–Crippen MR) is 215 cm³/mol. The van der Waals surface area contributed by atoms with Crippen LogP contribution in [0, 0.1) is 6.92 Å². The molecule has 2 saturated carbocycles. The van der Waals surface area contributed by atoms with Crippen LogP contribution in [0.5, 0.6) is 5.75 Å². The lowest BCUT2D eigenvalue weighted by Gasteiger charge is -2.33. The zero-order chi connectivity index (χ0) is 38.2. The number of rotatable bonds is 8. The minimum atomic E-state index is -3.84. The number of likely N-dealkylation sites (tertiary alicyclic amines) is 1. The Morgan fingerprint density at radius 1 is 0.927 bits per heavy atom. The van der Waals surface area contributed by atoms with Gasteiger partial charge in [-0.15, -0.1) is 0 Å². The van der Waals surface area contributed by atoms with Gasteiger partial charge >= 0.3 is 0 Å². The van der Waals surface area contributed by atoms with Crippen LogP contribution in [0.1, 0.15) is 133 Å². The minimum Gasteiger partial charge on any atom is -0.497 e. The van der Waals surface area contributed by atoms with Gasteiger partial charge < -0.3 is 19.5 Å². The molecule has 0 radical (unpaired) electrons. The van der Waals surface area contributed by atoms with Crippen molar-refractivity contribution in [1.82, 2.24) is 29.3 Å². The fourth-order valence-corrected chi connectivity index (χ4v) is 10.4. The second-order valence-electron chi connectivity index (χ2n) is 16.7. The zero-order valence-corrected chi connectivity index (χ0v) is 33.2. The summed E-state index contributed by atoms with van der Waals surface area (Å²) in [6.45, 7) is 6.92. The Balaban J connectivity index is 1.26. The van der Waals surface area contributed by atoms with E-state index < -0.39 is 21.2 Å². The molecule has 2 unspecified atom stereocenters. The summed E-state index contributed by atoms with van der Waals surface area (Å²) in [4.78, 5) is 30.5. The minimum absolute atomic E-state index is 0.0401. The number of ether oxygens (including phenoxy) is 1. The number of allylic oxidation sites excluding steroid dienone is 1. The molecule has 9 rings (SSSR count). The quantitative estimate of drug-likeness (QED) is 0.195. The molecule has 55 heavy (non-hydrogen) atoms. The van der Waals surface area contributed by atoms with Crippen LogP contribution >= 0.6 is 0 Å². The van der Waals surface area contributed by atoms with E-state index in [1.807, 2.05) is 30.0 Å². The fourth-order valence-electron chi connectivity index (χ4n) is 9.76. The van der Waals surface area contributed by atoms with Crippen molar-refractivity contribution < 1.29 is 22.7 Å². The summed E-state index contributed by atoms with van der Waals surface area (Å²) in [5, 5.41) is 9.15. The van der Waals surface area contributed by atoms with Gasteiger partial charge in [-0.2, -0.15) is 5.10 Å². The number of hydrogen-bond acceptors (Lipinski definition) is 7. The lowest BCUT2D eigenvalue weighted by Crippen LogP contribution is -2.53. The summed E-state index contributed by atoms with van der Waals surface area (Å²) in [6, 6.07) is 12.7. The Bertz CT molecular complexity index is 2330. The van der Waals surface area contributed by atoms with E-state index in [1.165, 1.54) is 12.0 Å². The molecule has 2 bridgehead atoms. The van der Waals surface area contributed by atoms with E-state index in [0.29, 0.717) is 43.2 Å². The Hall–Kier alpha value is -4.42. The predicted octanol–water partition coefficient (Wildman–Crippen LogP) is 7.19. The number of amides is 2. The number of methoxy groups -OCH3 is 1. The van der Waals surface area contributed by atoms with Crippen molar-refractivity contribution in [2.45, 2.75) is 121 Å². The van der Waals surface area contributed by atoms with Crippen LogP contribution in [0.4, 0.5) is 0 Å². The topological polar surface area (TPSA) is 128 Å². The Kier molecular flexibility index (Phi) is 9.19. The first kappa shape index (κ1) is 36.2. The molecule has 4 fully saturated rings. The summed E-state index contributed by atoms with van der Waals surface area (Å²) in [7, 11) is -2.15. The highest BCUT2D eigenvalue weighted by Gasteiger charge is 2.39. The highest BCUT2D eigenvalue weighted by atomic mass is 32.2. The molecule has 2 aromatic heterocycles. The van der Waals surface area contributed by atoms with Crippen molar-refractivity contribution in [2.75, 3.05) is 20.2 Å². The van der Waals surface area contributed by atoms with E-state index >= 15 is 0 Å². The number of carbonyl (C=O) groups is 2. The number of benzene rings is 2. The van der Waals surface area contributed by atoms with Gasteiger partial charge in [0.15, 0.2) is 0 Å². The zero-order valence-electron chi connectivity index (χ0n) is 32.4. The summed E-state index contributed by atoms with van der Waals surface area (Å²) < 4.78 is 38.2.